The Bertz CT molecular complexity index is 1140. The van der Waals surface area contributed by atoms with E-state index >= 15 is 0 Å². The second kappa shape index (κ2) is 8.78. The van der Waals surface area contributed by atoms with E-state index in [0.29, 0.717) is 17.2 Å². The summed E-state index contributed by atoms with van der Waals surface area (Å²) in [6.07, 6.45) is 0. The fourth-order valence-electron chi connectivity index (χ4n) is 2.69. The van der Waals surface area contributed by atoms with E-state index in [1.54, 1.807) is 12.1 Å². The number of ether oxygens (including phenoxy) is 1. The molecule has 3 N–H and O–H groups in total. The molecule has 150 valence electrons. The predicted octanol–water partition coefficient (Wildman–Crippen LogP) is 3.32. The van der Waals surface area contributed by atoms with Crippen molar-refractivity contribution in [2.24, 2.45) is 0 Å². The van der Waals surface area contributed by atoms with Gasteiger partial charge in [-0.1, -0.05) is 48.5 Å². The van der Waals surface area contributed by atoms with Crippen molar-refractivity contribution in [2.75, 3.05) is 0 Å². The van der Waals surface area contributed by atoms with Gasteiger partial charge in [-0.25, -0.2) is 0 Å². The van der Waals surface area contributed by atoms with Crippen LogP contribution in [0.5, 0.6) is 5.75 Å². The Kier molecular flexibility index (Phi) is 5.56. The van der Waals surface area contributed by atoms with Crippen molar-refractivity contribution in [3.63, 3.8) is 0 Å². The monoisotopic (exact) mass is 402 g/mol. The molecule has 0 saturated carbocycles. The number of carbonyl (C=O) groups is 2. The number of carbonyl (C=O) groups excluding carboxylic acids is 2. The average Bonchev–Trinajstić information content (AvgIpc) is 3.47. The summed E-state index contributed by atoms with van der Waals surface area (Å²) in [5.74, 6) is 0.115. The third-order valence-electron chi connectivity index (χ3n) is 4.19. The summed E-state index contributed by atoms with van der Waals surface area (Å²) < 4.78 is 11.0. The van der Waals surface area contributed by atoms with Crippen molar-refractivity contribution in [3.8, 4) is 17.0 Å². The maximum Gasteiger partial charge on any atom is 0.305 e. The standard InChI is InChI=1S/C22H18N4O4/c27-21(19-13-18(23-24-19)15-7-3-1-4-8-15)25-26-22(28)20-12-11-17(30-20)14-29-16-9-5-2-6-10-16/h1-13H,14H2,(H,23,24)(H,25,27)(H,26,28). The Hall–Kier alpha value is -4.33. The van der Waals surface area contributed by atoms with Crippen LogP contribution in [-0.4, -0.2) is 22.0 Å². The summed E-state index contributed by atoms with van der Waals surface area (Å²) in [5.41, 5.74) is 6.35. The minimum absolute atomic E-state index is 0.0524. The van der Waals surface area contributed by atoms with Gasteiger partial charge in [-0.2, -0.15) is 5.10 Å². The molecule has 4 aromatic rings. The minimum Gasteiger partial charge on any atom is -0.486 e. The first kappa shape index (κ1) is 19.0. The number of nitrogens with zero attached hydrogens (tertiary/aromatic N) is 1. The van der Waals surface area contributed by atoms with E-state index in [2.05, 4.69) is 21.0 Å². The van der Waals surface area contributed by atoms with Crippen molar-refractivity contribution in [3.05, 3.63) is 96.1 Å². The van der Waals surface area contributed by atoms with Gasteiger partial charge in [-0.15, -0.1) is 0 Å². The van der Waals surface area contributed by atoms with Crippen LogP contribution < -0.4 is 15.6 Å². The molecule has 4 rings (SSSR count). The van der Waals surface area contributed by atoms with E-state index in [-0.39, 0.29) is 18.1 Å². The van der Waals surface area contributed by atoms with Gasteiger partial charge >= 0.3 is 5.91 Å². The molecular formula is C22H18N4O4. The molecule has 0 aliphatic heterocycles. The summed E-state index contributed by atoms with van der Waals surface area (Å²) in [6.45, 7) is 0.181. The fraction of sp³-hybridized carbons (Fsp3) is 0.0455. The Morgan fingerprint density at radius 2 is 1.60 bits per heavy atom. The second-order valence-corrected chi connectivity index (χ2v) is 6.31. The summed E-state index contributed by atoms with van der Waals surface area (Å²) in [4.78, 5) is 24.5. The van der Waals surface area contributed by atoms with Gasteiger partial charge in [-0.3, -0.25) is 25.5 Å². The number of hydrogen-bond acceptors (Lipinski definition) is 5. The molecule has 2 aromatic heterocycles. The molecule has 2 amide bonds. The minimum atomic E-state index is -0.586. The van der Waals surface area contributed by atoms with Crippen LogP contribution in [0.2, 0.25) is 0 Å². The molecule has 0 aliphatic rings. The first-order valence-electron chi connectivity index (χ1n) is 9.17. The molecular weight excluding hydrogens is 384 g/mol. The van der Waals surface area contributed by atoms with Crippen LogP contribution in [0, 0.1) is 0 Å². The number of H-pyrrole nitrogens is 1. The van der Waals surface area contributed by atoms with Gasteiger partial charge in [0.1, 0.15) is 23.8 Å². The Balaban J connectivity index is 1.30. The number of para-hydroxylation sites is 1. The van der Waals surface area contributed by atoms with Gasteiger partial charge in [0.15, 0.2) is 5.76 Å². The summed E-state index contributed by atoms with van der Waals surface area (Å²) in [7, 11) is 0. The predicted molar refractivity (Wildman–Crippen MR) is 108 cm³/mol. The number of aromatic nitrogens is 2. The van der Waals surface area contributed by atoms with Crippen LogP contribution in [0.25, 0.3) is 11.3 Å². The third kappa shape index (κ3) is 4.56. The van der Waals surface area contributed by atoms with E-state index in [1.807, 2.05) is 60.7 Å². The number of rotatable bonds is 6. The lowest BCUT2D eigenvalue weighted by molar-refractivity contribution is 0.0826. The van der Waals surface area contributed by atoms with Crippen molar-refractivity contribution in [1.82, 2.24) is 21.0 Å². The molecule has 8 heteroatoms. The largest absolute Gasteiger partial charge is 0.486 e. The zero-order chi connectivity index (χ0) is 20.8. The molecule has 0 atom stereocenters. The average molecular weight is 402 g/mol. The van der Waals surface area contributed by atoms with Crippen molar-refractivity contribution < 1.29 is 18.7 Å². The van der Waals surface area contributed by atoms with Gasteiger partial charge in [0.25, 0.3) is 5.91 Å². The highest BCUT2D eigenvalue weighted by Gasteiger charge is 2.15. The van der Waals surface area contributed by atoms with Crippen molar-refractivity contribution in [1.29, 1.82) is 0 Å². The molecule has 0 saturated heterocycles. The van der Waals surface area contributed by atoms with Gasteiger partial charge in [-0.05, 0) is 30.3 Å². The highest BCUT2D eigenvalue weighted by Crippen LogP contribution is 2.17. The van der Waals surface area contributed by atoms with E-state index in [1.165, 1.54) is 6.07 Å². The summed E-state index contributed by atoms with van der Waals surface area (Å²) in [6, 6.07) is 23.4. The van der Waals surface area contributed by atoms with Crippen LogP contribution in [-0.2, 0) is 6.61 Å². The maximum atomic E-state index is 12.2. The van der Waals surface area contributed by atoms with Gasteiger partial charge in [0, 0.05) is 5.56 Å². The summed E-state index contributed by atoms with van der Waals surface area (Å²) in [5, 5.41) is 6.76. The second-order valence-electron chi connectivity index (χ2n) is 6.31. The molecule has 0 unspecified atom stereocenters. The number of aromatic amines is 1. The van der Waals surface area contributed by atoms with Crippen molar-refractivity contribution >= 4 is 11.8 Å². The van der Waals surface area contributed by atoms with E-state index in [4.69, 9.17) is 9.15 Å². The number of hydrogen-bond donors (Lipinski definition) is 3. The highest BCUT2D eigenvalue weighted by molar-refractivity contribution is 5.97. The number of furan rings is 1. The lowest BCUT2D eigenvalue weighted by Gasteiger charge is -2.05. The molecule has 8 nitrogen and oxygen atoms in total. The van der Waals surface area contributed by atoms with Crippen LogP contribution in [0.15, 0.2) is 83.3 Å². The smallest absolute Gasteiger partial charge is 0.305 e. The first-order chi connectivity index (χ1) is 14.7. The fourth-order valence-corrected chi connectivity index (χ4v) is 2.69. The molecule has 30 heavy (non-hydrogen) atoms. The molecule has 0 fully saturated rings. The lowest BCUT2D eigenvalue weighted by Crippen LogP contribution is -2.41. The molecule has 2 heterocycles. The Labute approximate surface area is 171 Å². The van der Waals surface area contributed by atoms with Gasteiger partial charge in [0.05, 0.1) is 5.69 Å². The normalized spacial score (nSPS) is 10.4. The van der Waals surface area contributed by atoms with E-state index in [9.17, 15) is 9.59 Å². The third-order valence-corrected chi connectivity index (χ3v) is 4.19. The molecule has 0 radical (unpaired) electrons. The van der Waals surface area contributed by atoms with Crippen LogP contribution in [0.4, 0.5) is 0 Å². The summed E-state index contributed by atoms with van der Waals surface area (Å²) >= 11 is 0. The zero-order valence-corrected chi connectivity index (χ0v) is 15.8. The quantitative estimate of drug-likeness (QED) is 0.429. The SMILES string of the molecule is O=C(NNC(=O)c1ccc(COc2ccccc2)o1)c1cc(-c2ccccc2)n[nH]1. The topological polar surface area (TPSA) is 109 Å². The number of amides is 2. The van der Waals surface area contributed by atoms with Gasteiger partial charge in [0.2, 0.25) is 0 Å². The van der Waals surface area contributed by atoms with E-state index in [0.717, 1.165) is 5.56 Å². The molecule has 0 spiro atoms. The Morgan fingerprint density at radius 3 is 2.37 bits per heavy atom. The lowest BCUT2D eigenvalue weighted by atomic mass is 10.1. The Morgan fingerprint density at radius 1 is 0.900 bits per heavy atom. The van der Waals surface area contributed by atoms with Crippen molar-refractivity contribution in [2.45, 2.75) is 6.61 Å². The molecule has 0 aliphatic carbocycles. The zero-order valence-electron chi connectivity index (χ0n) is 15.8. The molecule has 2 aromatic carbocycles. The van der Waals surface area contributed by atoms with Crippen LogP contribution >= 0.6 is 0 Å². The number of nitrogens with one attached hydrogen (secondary N) is 3. The van der Waals surface area contributed by atoms with Gasteiger partial charge < -0.3 is 9.15 Å². The van der Waals surface area contributed by atoms with Crippen LogP contribution in [0.1, 0.15) is 26.8 Å². The number of benzene rings is 2. The number of hydrazine groups is 1. The first-order valence-corrected chi connectivity index (χ1v) is 9.17. The molecule has 0 bridgehead atoms. The van der Waals surface area contributed by atoms with E-state index < -0.39 is 11.8 Å². The maximum absolute atomic E-state index is 12.2. The van der Waals surface area contributed by atoms with Crippen LogP contribution in [0.3, 0.4) is 0 Å². The highest BCUT2D eigenvalue weighted by atomic mass is 16.5.